The first-order chi connectivity index (χ1) is 7.45. The maximum Gasteiger partial charge on any atom is 0.189 e. The molecule has 3 nitrogen and oxygen atoms in total. The van der Waals surface area contributed by atoms with E-state index in [2.05, 4.69) is 11.4 Å². The smallest absolute Gasteiger partial charge is 0.189 e. The molecule has 80 valence electrons. The third kappa shape index (κ3) is 1.62. The van der Waals surface area contributed by atoms with Crippen molar-refractivity contribution in [2.24, 2.45) is 0 Å². The minimum atomic E-state index is 0.164. The average Bonchev–Trinajstić information content (AvgIpc) is 2.82. The van der Waals surface area contributed by atoms with Crippen LogP contribution < -0.4 is 10.1 Å². The Balaban J connectivity index is 1.91. The first-order valence-corrected chi connectivity index (χ1v) is 5.52. The molecule has 1 aromatic rings. The molecule has 2 aliphatic heterocycles. The van der Waals surface area contributed by atoms with Crippen LogP contribution in [-0.4, -0.2) is 19.4 Å². The summed E-state index contributed by atoms with van der Waals surface area (Å²) < 4.78 is 11.2. The Morgan fingerprint density at radius 2 is 2.20 bits per heavy atom. The first-order valence-electron chi connectivity index (χ1n) is 5.52. The maximum atomic E-state index is 5.70. The van der Waals surface area contributed by atoms with Gasteiger partial charge in [-0.3, -0.25) is 0 Å². The summed E-state index contributed by atoms with van der Waals surface area (Å²) in [5, 5.41) is 3.49. The van der Waals surface area contributed by atoms with Crippen LogP contribution >= 0.6 is 0 Å². The average molecular weight is 205 g/mol. The van der Waals surface area contributed by atoms with Crippen molar-refractivity contribution in [1.82, 2.24) is 5.32 Å². The molecule has 2 aliphatic rings. The van der Waals surface area contributed by atoms with Gasteiger partial charge in [-0.05, 0) is 25.5 Å². The number of ether oxygens (including phenoxy) is 2. The summed E-state index contributed by atoms with van der Waals surface area (Å²) >= 11 is 0. The van der Waals surface area contributed by atoms with E-state index >= 15 is 0 Å². The molecule has 2 heterocycles. The lowest BCUT2D eigenvalue weighted by Gasteiger charge is -2.30. The van der Waals surface area contributed by atoms with Crippen LogP contribution in [0.2, 0.25) is 0 Å². The van der Waals surface area contributed by atoms with Crippen LogP contribution in [0.5, 0.6) is 5.75 Å². The van der Waals surface area contributed by atoms with Crippen molar-refractivity contribution in [3.8, 4) is 5.75 Å². The van der Waals surface area contributed by atoms with Gasteiger partial charge in [0.2, 0.25) is 0 Å². The Labute approximate surface area is 89.4 Å². The first kappa shape index (κ1) is 9.19. The molecule has 1 fully saturated rings. The van der Waals surface area contributed by atoms with Crippen molar-refractivity contribution in [3.63, 3.8) is 0 Å². The fourth-order valence-electron chi connectivity index (χ4n) is 2.41. The standard InChI is InChI=1S/C12H15NO2/c1-2-6-11-9(4-1)12(15-8-14-11)10-5-3-7-13-10/h1-2,4,6,10,12-13H,3,5,7-8H2. The van der Waals surface area contributed by atoms with Crippen molar-refractivity contribution in [2.75, 3.05) is 13.3 Å². The largest absolute Gasteiger partial charge is 0.467 e. The van der Waals surface area contributed by atoms with Crippen molar-refractivity contribution in [1.29, 1.82) is 0 Å². The summed E-state index contributed by atoms with van der Waals surface area (Å²) in [5.74, 6) is 0.974. The highest BCUT2D eigenvalue weighted by Crippen LogP contribution is 2.35. The van der Waals surface area contributed by atoms with Crippen molar-refractivity contribution < 1.29 is 9.47 Å². The molecule has 15 heavy (non-hydrogen) atoms. The molecule has 0 amide bonds. The van der Waals surface area contributed by atoms with Crippen LogP contribution in [-0.2, 0) is 4.74 Å². The highest BCUT2D eigenvalue weighted by Gasteiger charge is 2.31. The molecule has 0 radical (unpaired) electrons. The van der Waals surface area contributed by atoms with E-state index in [1.165, 1.54) is 18.4 Å². The molecule has 0 aliphatic carbocycles. The lowest BCUT2D eigenvalue weighted by atomic mass is 9.99. The second-order valence-corrected chi connectivity index (χ2v) is 4.09. The van der Waals surface area contributed by atoms with Crippen LogP contribution in [0.15, 0.2) is 24.3 Å². The van der Waals surface area contributed by atoms with Gasteiger partial charge in [0.1, 0.15) is 11.9 Å². The summed E-state index contributed by atoms with van der Waals surface area (Å²) in [6, 6.07) is 8.61. The van der Waals surface area contributed by atoms with Crippen LogP contribution in [0, 0.1) is 0 Å². The van der Waals surface area contributed by atoms with Crippen molar-refractivity contribution >= 4 is 0 Å². The molecule has 0 spiro atoms. The topological polar surface area (TPSA) is 30.5 Å². The van der Waals surface area contributed by atoms with E-state index < -0.39 is 0 Å². The zero-order valence-corrected chi connectivity index (χ0v) is 8.61. The molecule has 0 bridgehead atoms. The van der Waals surface area contributed by atoms with E-state index in [-0.39, 0.29) is 6.10 Å². The maximum absolute atomic E-state index is 5.70. The number of rotatable bonds is 1. The highest BCUT2D eigenvalue weighted by molar-refractivity contribution is 5.37. The van der Waals surface area contributed by atoms with Gasteiger partial charge in [-0.2, -0.15) is 0 Å². The van der Waals surface area contributed by atoms with Gasteiger partial charge in [0.25, 0.3) is 0 Å². The van der Waals surface area contributed by atoms with Crippen molar-refractivity contribution in [2.45, 2.75) is 25.0 Å². The van der Waals surface area contributed by atoms with Crippen LogP contribution in [0.3, 0.4) is 0 Å². The summed E-state index contributed by atoms with van der Waals surface area (Å²) in [7, 11) is 0. The van der Waals surface area contributed by atoms with Gasteiger partial charge in [0, 0.05) is 11.6 Å². The molecule has 3 heteroatoms. The zero-order valence-electron chi connectivity index (χ0n) is 8.61. The van der Waals surface area contributed by atoms with E-state index in [0.29, 0.717) is 12.8 Å². The quantitative estimate of drug-likeness (QED) is 0.759. The monoisotopic (exact) mass is 205 g/mol. The Morgan fingerprint density at radius 3 is 3.07 bits per heavy atom. The van der Waals surface area contributed by atoms with E-state index in [0.717, 1.165) is 12.3 Å². The van der Waals surface area contributed by atoms with Gasteiger partial charge >= 0.3 is 0 Å². The van der Waals surface area contributed by atoms with Gasteiger partial charge in [0.05, 0.1) is 0 Å². The Hall–Kier alpha value is -1.06. The van der Waals surface area contributed by atoms with E-state index in [1.54, 1.807) is 0 Å². The van der Waals surface area contributed by atoms with Gasteiger partial charge in [-0.25, -0.2) is 0 Å². The molecule has 2 atom stereocenters. The second kappa shape index (κ2) is 3.83. The molecule has 1 aromatic carbocycles. The molecule has 1 saturated heterocycles. The molecular formula is C12H15NO2. The molecule has 2 unspecified atom stereocenters. The minimum absolute atomic E-state index is 0.164. The number of hydrogen-bond acceptors (Lipinski definition) is 3. The summed E-state index contributed by atoms with van der Waals surface area (Å²) in [4.78, 5) is 0. The Morgan fingerprint density at radius 1 is 1.27 bits per heavy atom. The molecule has 1 N–H and O–H groups in total. The second-order valence-electron chi connectivity index (χ2n) is 4.09. The Bertz CT molecular complexity index is 347. The summed E-state index contributed by atoms with van der Waals surface area (Å²) in [6.07, 6.45) is 2.60. The van der Waals surface area contributed by atoms with Gasteiger partial charge in [0.15, 0.2) is 6.79 Å². The normalized spacial score (nSPS) is 29.6. The fourth-order valence-corrected chi connectivity index (χ4v) is 2.41. The predicted octanol–water partition coefficient (Wildman–Crippen LogP) is 1.85. The van der Waals surface area contributed by atoms with Crippen LogP contribution in [0.1, 0.15) is 24.5 Å². The highest BCUT2D eigenvalue weighted by atomic mass is 16.7. The third-order valence-corrected chi connectivity index (χ3v) is 3.15. The molecule has 0 saturated carbocycles. The minimum Gasteiger partial charge on any atom is -0.467 e. The van der Waals surface area contributed by atoms with E-state index in [9.17, 15) is 0 Å². The van der Waals surface area contributed by atoms with Gasteiger partial charge < -0.3 is 14.8 Å². The lowest BCUT2D eigenvalue weighted by molar-refractivity contribution is -0.0720. The van der Waals surface area contributed by atoms with E-state index in [1.807, 2.05) is 18.2 Å². The zero-order chi connectivity index (χ0) is 10.1. The van der Waals surface area contributed by atoms with E-state index in [4.69, 9.17) is 9.47 Å². The molecule has 0 aromatic heterocycles. The number of hydrogen-bond donors (Lipinski definition) is 1. The SMILES string of the molecule is c1ccc2c(c1)OCOC2C1CCCN1. The fraction of sp³-hybridized carbons (Fsp3) is 0.500. The number of nitrogens with one attached hydrogen (secondary N) is 1. The van der Waals surface area contributed by atoms with Gasteiger partial charge in [-0.15, -0.1) is 0 Å². The Kier molecular flexibility index (Phi) is 2.35. The molecular weight excluding hydrogens is 190 g/mol. The van der Waals surface area contributed by atoms with Crippen LogP contribution in [0.4, 0.5) is 0 Å². The van der Waals surface area contributed by atoms with Crippen LogP contribution in [0.25, 0.3) is 0 Å². The summed E-state index contributed by atoms with van der Waals surface area (Å²) in [5.41, 5.74) is 1.18. The third-order valence-electron chi connectivity index (χ3n) is 3.15. The molecule has 3 rings (SSSR count). The number of fused-ring (bicyclic) bond motifs is 1. The number of benzene rings is 1. The predicted molar refractivity (Wildman–Crippen MR) is 56.8 cm³/mol. The van der Waals surface area contributed by atoms with Crippen molar-refractivity contribution in [3.05, 3.63) is 29.8 Å². The number of para-hydroxylation sites is 1. The lowest BCUT2D eigenvalue weighted by Crippen LogP contribution is -2.33. The summed E-state index contributed by atoms with van der Waals surface area (Å²) in [6.45, 7) is 1.48. The van der Waals surface area contributed by atoms with Gasteiger partial charge in [-0.1, -0.05) is 18.2 Å².